The zero-order chi connectivity index (χ0) is 21.9. The summed E-state index contributed by atoms with van der Waals surface area (Å²) in [4.78, 5) is -0.221. The lowest BCUT2D eigenvalue weighted by molar-refractivity contribution is -0.137. The number of para-hydroxylation sites is 1. The Labute approximate surface area is 174 Å². The van der Waals surface area contributed by atoms with Crippen LogP contribution in [0.3, 0.4) is 0 Å². The molecule has 2 aliphatic heterocycles. The SMILES string of the molecule is C[S+](=O)([O-])N1CC2(Cc3ccccc31)CN([S+](=O)([O-])c1ccc(C(F)(F)F)cc1)C2. The Bertz CT molecular complexity index is 1060. The van der Waals surface area contributed by atoms with Crippen LogP contribution in [0.2, 0.25) is 0 Å². The third-order valence-corrected chi connectivity index (χ3v) is 8.48. The molecule has 6 nitrogen and oxygen atoms in total. The highest BCUT2D eigenvalue weighted by molar-refractivity contribution is 7.98. The molecule has 1 fully saturated rings. The number of nitrogens with zero attached hydrogens (tertiary/aromatic N) is 2. The Morgan fingerprint density at radius 3 is 2.13 bits per heavy atom. The third-order valence-electron chi connectivity index (χ3n) is 5.55. The van der Waals surface area contributed by atoms with Crippen LogP contribution in [0.1, 0.15) is 11.1 Å². The molecule has 2 unspecified atom stereocenters. The molecular formula is C19H19F3N2O4S2. The van der Waals surface area contributed by atoms with Crippen LogP contribution >= 0.6 is 0 Å². The molecule has 2 aliphatic rings. The smallest absolute Gasteiger partial charge is 0.416 e. The van der Waals surface area contributed by atoms with Gasteiger partial charge in [0.15, 0.2) is 15.3 Å². The average molecular weight is 460 g/mol. The van der Waals surface area contributed by atoms with E-state index in [4.69, 9.17) is 0 Å². The van der Waals surface area contributed by atoms with Gasteiger partial charge in [-0.1, -0.05) is 26.6 Å². The van der Waals surface area contributed by atoms with E-state index >= 15 is 0 Å². The molecule has 0 N–H and O–H groups in total. The number of halogens is 3. The Hall–Kier alpha value is -1.79. The summed E-state index contributed by atoms with van der Waals surface area (Å²) in [7, 11) is -7.52. The van der Waals surface area contributed by atoms with Crippen LogP contribution in [-0.4, -0.2) is 39.3 Å². The summed E-state index contributed by atoms with van der Waals surface area (Å²) < 4.78 is 90.9. The van der Waals surface area contributed by atoms with Gasteiger partial charge in [0.1, 0.15) is 16.7 Å². The Balaban J connectivity index is 1.56. The van der Waals surface area contributed by atoms with Gasteiger partial charge in [-0.15, -0.1) is 4.31 Å². The van der Waals surface area contributed by atoms with Gasteiger partial charge in [0.25, 0.3) is 0 Å². The first-order valence-corrected chi connectivity index (χ1v) is 12.3. The molecule has 0 amide bonds. The van der Waals surface area contributed by atoms with Crippen molar-refractivity contribution in [1.82, 2.24) is 4.31 Å². The first-order valence-electron chi connectivity index (χ1n) is 9.05. The summed E-state index contributed by atoms with van der Waals surface area (Å²) in [5.74, 6) is 0. The minimum Gasteiger partial charge on any atom is -0.593 e. The summed E-state index contributed by atoms with van der Waals surface area (Å²) in [6.45, 7) is 0.343. The molecule has 11 heteroatoms. The maximum Gasteiger partial charge on any atom is 0.416 e. The lowest BCUT2D eigenvalue weighted by atomic mass is 9.74. The number of sulfonamides is 2. The maximum atomic E-state index is 12.8. The van der Waals surface area contributed by atoms with Gasteiger partial charge in [-0.25, -0.2) is 0 Å². The molecular weight excluding hydrogens is 441 g/mol. The van der Waals surface area contributed by atoms with Gasteiger partial charge in [-0.3, -0.25) is 0 Å². The minimum atomic E-state index is -4.55. The van der Waals surface area contributed by atoms with Crippen molar-refractivity contribution >= 4 is 26.5 Å². The molecule has 0 aliphatic carbocycles. The van der Waals surface area contributed by atoms with Crippen molar-refractivity contribution in [2.24, 2.45) is 5.41 Å². The molecule has 1 saturated heterocycles. The Kier molecular flexibility index (Phi) is 4.90. The van der Waals surface area contributed by atoms with E-state index in [0.717, 1.165) is 36.1 Å². The number of alkyl halides is 3. The number of rotatable bonds is 3. The lowest BCUT2D eigenvalue weighted by Gasteiger charge is -2.53. The number of benzene rings is 2. The van der Waals surface area contributed by atoms with Gasteiger partial charge in [0.2, 0.25) is 0 Å². The van der Waals surface area contributed by atoms with E-state index in [1.54, 1.807) is 18.2 Å². The van der Waals surface area contributed by atoms with Crippen molar-refractivity contribution in [3.63, 3.8) is 0 Å². The van der Waals surface area contributed by atoms with E-state index in [1.165, 1.54) is 8.61 Å². The second-order valence-electron chi connectivity index (χ2n) is 7.87. The molecule has 0 aromatic heterocycles. The summed E-state index contributed by atoms with van der Waals surface area (Å²) in [6.07, 6.45) is -2.92. The first-order chi connectivity index (χ1) is 13.8. The largest absolute Gasteiger partial charge is 0.593 e. The molecule has 0 bridgehead atoms. The molecule has 162 valence electrons. The third kappa shape index (κ3) is 3.69. The first kappa shape index (κ1) is 21.4. The summed E-state index contributed by atoms with van der Waals surface area (Å²) in [5, 5.41) is 0. The standard InChI is InChI=1S/C19H19F3N2O4S2/c1-29(25,26)24-13-18(10-14-4-2-3-5-17(14)24)11-23(12-18)30(27,28)16-8-6-15(7-9-16)19(20,21)22/h2-9H,10-13H2,1H3. The van der Waals surface area contributed by atoms with Crippen molar-refractivity contribution in [1.29, 1.82) is 0 Å². The zero-order valence-corrected chi connectivity index (χ0v) is 17.6. The molecule has 2 atom stereocenters. The van der Waals surface area contributed by atoms with E-state index in [0.29, 0.717) is 12.1 Å². The molecule has 1 spiro atoms. The highest BCUT2D eigenvalue weighted by atomic mass is 32.3. The zero-order valence-electron chi connectivity index (χ0n) is 15.9. The molecule has 30 heavy (non-hydrogen) atoms. The van der Waals surface area contributed by atoms with Crippen molar-refractivity contribution in [2.45, 2.75) is 17.5 Å². The van der Waals surface area contributed by atoms with Crippen LogP contribution in [0, 0.1) is 5.41 Å². The number of fused-ring (bicyclic) bond motifs is 1. The highest BCUT2D eigenvalue weighted by Gasteiger charge is 2.56. The average Bonchev–Trinajstić information content (AvgIpc) is 2.63. The van der Waals surface area contributed by atoms with Crippen molar-refractivity contribution < 1.29 is 30.7 Å². The van der Waals surface area contributed by atoms with Gasteiger partial charge < -0.3 is 9.11 Å². The monoisotopic (exact) mass is 460 g/mol. The summed E-state index contributed by atoms with van der Waals surface area (Å²) >= 11 is 0. The van der Waals surface area contributed by atoms with E-state index in [9.17, 15) is 30.7 Å². The summed E-state index contributed by atoms with van der Waals surface area (Å²) in [5.41, 5.74) is -0.0826. The number of hydrogen-bond acceptors (Lipinski definition) is 4. The Morgan fingerprint density at radius 1 is 0.967 bits per heavy atom. The van der Waals surface area contributed by atoms with Gasteiger partial charge in [0, 0.05) is 5.41 Å². The quantitative estimate of drug-likeness (QED) is 0.659. The molecule has 0 radical (unpaired) electrons. The Morgan fingerprint density at radius 2 is 1.57 bits per heavy atom. The molecule has 2 aromatic rings. The molecule has 4 rings (SSSR count). The van der Waals surface area contributed by atoms with Crippen LogP contribution in [0.25, 0.3) is 0 Å². The van der Waals surface area contributed by atoms with Gasteiger partial charge in [-0.2, -0.15) is 17.5 Å². The van der Waals surface area contributed by atoms with Crippen LogP contribution in [0.5, 0.6) is 0 Å². The van der Waals surface area contributed by atoms with E-state index in [1.807, 2.05) is 6.07 Å². The highest BCUT2D eigenvalue weighted by Crippen LogP contribution is 2.46. The van der Waals surface area contributed by atoms with E-state index < -0.39 is 38.0 Å². The van der Waals surface area contributed by atoms with Crippen LogP contribution < -0.4 is 4.31 Å². The fourth-order valence-corrected chi connectivity index (χ4v) is 6.81. The van der Waals surface area contributed by atoms with Crippen molar-refractivity contribution in [3.05, 3.63) is 59.7 Å². The molecule has 2 heterocycles. The van der Waals surface area contributed by atoms with Gasteiger partial charge >= 0.3 is 6.18 Å². The fraction of sp³-hybridized carbons (Fsp3) is 0.368. The van der Waals surface area contributed by atoms with Crippen LogP contribution in [0.15, 0.2) is 53.4 Å². The van der Waals surface area contributed by atoms with E-state index in [2.05, 4.69) is 0 Å². The van der Waals surface area contributed by atoms with Crippen molar-refractivity contribution in [2.75, 3.05) is 30.2 Å². The molecule has 0 saturated carbocycles. The second-order valence-corrected chi connectivity index (χ2v) is 11.7. The number of anilines is 1. The topological polar surface area (TPSA) is 86.7 Å². The maximum absolute atomic E-state index is 12.8. The molecule has 2 aromatic carbocycles. The summed E-state index contributed by atoms with van der Waals surface area (Å²) in [6, 6.07) is 10.5. The van der Waals surface area contributed by atoms with Gasteiger partial charge in [-0.05, 0) is 42.3 Å². The predicted molar refractivity (Wildman–Crippen MR) is 105 cm³/mol. The van der Waals surface area contributed by atoms with Crippen molar-refractivity contribution in [3.8, 4) is 0 Å². The van der Waals surface area contributed by atoms with E-state index in [-0.39, 0.29) is 24.5 Å². The minimum absolute atomic E-state index is 0.0940. The van der Waals surface area contributed by atoms with Gasteiger partial charge in [0.05, 0.1) is 30.9 Å². The van der Waals surface area contributed by atoms with Crippen LogP contribution in [-0.2, 0) is 41.8 Å². The fourth-order valence-electron chi connectivity index (χ4n) is 4.10. The lowest BCUT2D eigenvalue weighted by Crippen LogP contribution is -2.66. The second kappa shape index (κ2) is 6.86. The normalized spacial score (nSPS) is 22.7. The predicted octanol–water partition coefficient (Wildman–Crippen LogP) is 3.15. The number of hydrogen-bond donors (Lipinski definition) is 0. The van der Waals surface area contributed by atoms with Crippen LogP contribution in [0.4, 0.5) is 18.9 Å².